The molecule has 0 saturated heterocycles. The van der Waals surface area contributed by atoms with Crippen molar-refractivity contribution in [3.05, 3.63) is 52.6 Å². The number of imidazole rings is 1. The van der Waals surface area contributed by atoms with Crippen molar-refractivity contribution in [1.82, 2.24) is 25.1 Å². The summed E-state index contributed by atoms with van der Waals surface area (Å²) in [5.74, 6) is -0.630. The Morgan fingerprint density at radius 1 is 1.15 bits per heavy atom. The van der Waals surface area contributed by atoms with Crippen molar-refractivity contribution in [3.8, 4) is 0 Å². The van der Waals surface area contributed by atoms with Gasteiger partial charge >= 0.3 is 0 Å². The Morgan fingerprint density at radius 3 is 2.38 bits per heavy atom. The smallest absolute Gasteiger partial charge is 0.287 e. The van der Waals surface area contributed by atoms with Gasteiger partial charge in [0, 0.05) is 43.3 Å². The fourth-order valence-corrected chi connectivity index (χ4v) is 7.49. The van der Waals surface area contributed by atoms with Gasteiger partial charge in [0.25, 0.3) is 11.8 Å². The molecule has 0 spiro atoms. The maximum atomic E-state index is 13.8. The number of hydrogen-bond donors (Lipinski definition) is 3. The third-order valence-corrected chi connectivity index (χ3v) is 11.3. The molecule has 10 nitrogen and oxygen atoms in total. The number of halogens is 1. The first-order chi connectivity index (χ1) is 18.1. The Balaban J connectivity index is 1.44. The van der Waals surface area contributed by atoms with Gasteiger partial charge < -0.3 is 25.2 Å². The number of β-amino-alcohol motifs (C(OH)–C–C–N with tert-alkyl or cyclic N) is 1. The number of aliphatic hydroxyl groups excluding tert-OH is 1. The maximum Gasteiger partial charge on any atom is 0.287 e. The first-order valence-electron chi connectivity index (χ1n) is 13.1. The van der Waals surface area contributed by atoms with E-state index in [0.29, 0.717) is 24.4 Å². The van der Waals surface area contributed by atoms with Gasteiger partial charge in [-0.2, -0.15) is 0 Å². The molecular weight excluding hydrogens is 542 g/mol. The van der Waals surface area contributed by atoms with Crippen LogP contribution in [-0.4, -0.2) is 80.6 Å². The predicted octanol–water partition coefficient (Wildman–Crippen LogP) is 2.40. The fourth-order valence-electron chi connectivity index (χ4n) is 4.84. The number of sulfone groups is 1. The topological polar surface area (TPSA) is 134 Å². The number of hydrogen-bond acceptors (Lipinski definition) is 7. The third-order valence-electron chi connectivity index (χ3n) is 7.70. The quantitative estimate of drug-likeness (QED) is 0.393. The van der Waals surface area contributed by atoms with Crippen molar-refractivity contribution in [1.29, 1.82) is 0 Å². The molecule has 2 amide bonds. The van der Waals surface area contributed by atoms with Crippen LogP contribution in [0.5, 0.6) is 0 Å². The van der Waals surface area contributed by atoms with Crippen LogP contribution in [-0.2, 0) is 22.9 Å². The van der Waals surface area contributed by atoms with Gasteiger partial charge in [0.15, 0.2) is 15.7 Å². The van der Waals surface area contributed by atoms with E-state index >= 15 is 0 Å². The molecule has 0 bridgehead atoms. The molecule has 1 fully saturated rings. The number of rotatable bonds is 10. The molecule has 12 heteroatoms. The Hall–Kier alpha value is -2.47. The second kappa shape index (κ2) is 10.5. The number of aromatic nitrogens is 2. The van der Waals surface area contributed by atoms with E-state index in [1.807, 2.05) is 32.9 Å². The van der Waals surface area contributed by atoms with Crippen molar-refractivity contribution in [3.63, 3.8) is 0 Å². The molecule has 39 heavy (non-hydrogen) atoms. The van der Waals surface area contributed by atoms with Gasteiger partial charge in [0.05, 0.1) is 21.8 Å². The van der Waals surface area contributed by atoms with Crippen LogP contribution < -0.4 is 10.6 Å². The molecule has 1 atom stereocenters. The van der Waals surface area contributed by atoms with E-state index in [1.165, 1.54) is 11.1 Å². The second-order valence-electron chi connectivity index (χ2n) is 12.1. The number of aliphatic hydroxyl groups is 1. The minimum atomic E-state index is -3.82. The molecule has 214 valence electrons. The van der Waals surface area contributed by atoms with Gasteiger partial charge in [-0.05, 0) is 65.2 Å². The number of amides is 2. The standard InChI is InChI=1S/C27H38ClN5O5S/c1-25(2,3)31-16-21(34)26(4,5)39(37,38)27(10-11-27)17-32-12-13-33-20(24(32)36)15-29-22(33)23(35)30-14-18-6-8-19(28)9-7-18/h6-9,15,21,31,34H,10-14,16-17H2,1-5H3,(H,30,35)/t21-/m1/s1. The van der Waals surface area contributed by atoms with Gasteiger partial charge in [-0.1, -0.05) is 23.7 Å². The van der Waals surface area contributed by atoms with Gasteiger partial charge in [-0.3, -0.25) is 9.59 Å². The van der Waals surface area contributed by atoms with E-state index in [0.717, 1.165) is 5.56 Å². The Kier molecular flexibility index (Phi) is 7.94. The molecule has 1 aliphatic heterocycles. The van der Waals surface area contributed by atoms with E-state index in [-0.39, 0.29) is 49.1 Å². The second-order valence-corrected chi connectivity index (χ2v) is 15.5. The number of nitrogens with one attached hydrogen (secondary N) is 2. The molecule has 1 saturated carbocycles. The lowest BCUT2D eigenvalue weighted by Gasteiger charge is -2.38. The van der Waals surface area contributed by atoms with Crippen molar-refractivity contribution >= 4 is 33.3 Å². The number of nitrogens with zero attached hydrogens (tertiary/aromatic N) is 3. The van der Waals surface area contributed by atoms with Crippen LogP contribution in [0.15, 0.2) is 30.5 Å². The number of fused-ring (bicyclic) bond motifs is 1. The minimum absolute atomic E-state index is 0.0420. The predicted molar refractivity (Wildman–Crippen MR) is 149 cm³/mol. The zero-order valence-corrected chi connectivity index (χ0v) is 24.7. The number of carbonyl (C=O) groups excluding carboxylic acids is 2. The van der Waals surface area contributed by atoms with Gasteiger partial charge in [-0.15, -0.1) is 0 Å². The molecule has 4 rings (SSSR count). The molecule has 2 heterocycles. The highest BCUT2D eigenvalue weighted by Crippen LogP contribution is 2.50. The molecule has 1 aromatic carbocycles. The average molecular weight is 580 g/mol. The fraction of sp³-hybridized carbons (Fsp3) is 0.593. The zero-order valence-electron chi connectivity index (χ0n) is 23.1. The summed E-state index contributed by atoms with van der Waals surface area (Å²) in [7, 11) is -3.82. The lowest BCUT2D eigenvalue weighted by Crippen LogP contribution is -2.57. The summed E-state index contributed by atoms with van der Waals surface area (Å²) in [6, 6.07) is 7.11. The van der Waals surface area contributed by atoms with Gasteiger partial charge in [0.1, 0.15) is 5.69 Å². The highest BCUT2D eigenvalue weighted by molar-refractivity contribution is 7.94. The summed E-state index contributed by atoms with van der Waals surface area (Å²) >= 11 is 5.91. The Labute approximate surface area is 235 Å². The zero-order chi connectivity index (χ0) is 28.8. The molecule has 2 aliphatic rings. The van der Waals surface area contributed by atoms with Crippen molar-refractivity contribution < 1.29 is 23.1 Å². The van der Waals surface area contributed by atoms with Crippen molar-refractivity contribution in [2.45, 2.75) is 81.7 Å². The van der Waals surface area contributed by atoms with Crippen LogP contribution in [0.3, 0.4) is 0 Å². The number of benzene rings is 1. The lowest BCUT2D eigenvalue weighted by atomic mass is 10.0. The van der Waals surface area contributed by atoms with Gasteiger partial charge in [0.2, 0.25) is 0 Å². The average Bonchev–Trinajstić information content (AvgIpc) is 3.53. The number of carbonyl (C=O) groups is 2. The van der Waals surface area contributed by atoms with Crippen molar-refractivity contribution in [2.24, 2.45) is 0 Å². The summed E-state index contributed by atoms with van der Waals surface area (Å²) in [6.07, 6.45) is 1.11. The first kappa shape index (κ1) is 29.5. The maximum absolute atomic E-state index is 13.8. The molecule has 1 aromatic heterocycles. The lowest BCUT2D eigenvalue weighted by molar-refractivity contribution is 0.0697. The Bertz CT molecular complexity index is 1340. The highest BCUT2D eigenvalue weighted by atomic mass is 35.5. The van der Waals surface area contributed by atoms with Crippen molar-refractivity contribution in [2.75, 3.05) is 19.6 Å². The summed E-state index contributed by atoms with van der Waals surface area (Å²) < 4.78 is 26.7. The van der Waals surface area contributed by atoms with Crippen LogP contribution in [0.2, 0.25) is 5.02 Å². The summed E-state index contributed by atoms with van der Waals surface area (Å²) in [5.41, 5.74) is 0.853. The summed E-state index contributed by atoms with van der Waals surface area (Å²) in [5, 5.41) is 17.5. The van der Waals surface area contributed by atoms with Crippen LogP contribution >= 0.6 is 11.6 Å². The van der Waals surface area contributed by atoms with Crippen LogP contribution in [0.25, 0.3) is 0 Å². The Morgan fingerprint density at radius 2 is 1.79 bits per heavy atom. The highest BCUT2D eigenvalue weighted by Gasteiger charge is 2.62. The van der Waals surface area contributed by atoms with Gasteiger partial charge in [-0.25, -0.2) is 13.4 Å². The molecule has 2 aromatic rings. The van der Waals surface area contributed by atoms with E-state index in [2.05, 4.69) is 15.6 Å². The third kappa shape index (κ3) is 5.86. The molecule has 3 N–H and O–H groups in total. The molecule has 0 unspecified atom stereocenters. The normalized spacial score (nSPS) is 18.0. The van der Waals surface area contributed by atoms with E-state index in [4.69, 9.17) is 11.6 Å². The van der Waals surface area contributed by atoms with E-state index in [1.54, 1.807) is 30.5 Å². The molecule has 0 radical (unpaired) electrons. The van der Waals surface area contributed by atoms with Crippen LogP contribution in [0.1, 0.15) is 74.1 Å². The largest absolute Gasteiger partial charge is 0.390 e. The van der Waals surface area contributed by atoms with E-state index in [9.17, 15) is 23.1 Å². The van der Waals surface area contributed by atoms with E-state index < -0.39 is 31.3 Å². The minimum Gasteiger partial charge on any atom is -0.390 e. The first-order valence-corrected chi connectivity index (χ1v) is 15.0. The molecule has 1 aliphatic carbocycles. The monoisotopic (exact) mass is 579 g/mol. The molecular formula is C27H38ClN5O5S. The van der Waals surface area contributed by atoms with Crippen LogP contribution in [0.4, 0.5) is 0 Å². The SMILES string of the molecule is CC(C)(C)NC[C@@H](O)C(C)(C)S(=O)(=O)C1(CN2CCn3c(cnc3C(=O)NCc3ccc(Cl)cc3)C2=O)CC1. The van der Waals surface area contributed by atoms with Crippen LogP contribution in [0, 0.1) is 0 Å². The summed E-state index contributed by atoms with van der Waals surface area (Å²) in [6.45, 7) is 10.00. The summed E-state index contributed by atoms with van der Waals surface area (Å²) in [4.78, 5) is 31.9.